The number of allylic oxidation sites excluding steroid dienone is 2. The van der Waals surface area contributed by atoms with Crippen molar-refractivity contribution in [3.05, 3.63) is 45.1 Å². The van der Waals surface area contributed by atoms with Crippen molar-refractivity contribution in [1.29, 1.82) is 0 Å². The molecule has 112 valence electrons. The molecule has 0 fully saturated rings. The van der Waals surface area contributed by atoms with Crippen LogP contribution in [0, 0.1) is 12.3 Å². The van der Waals surface area contributed by atoms with E-state index in [1.165, 1.54) is 5.56 Å². The highest BCUT2D eigenvalue weighted by Crippen LogP contribution is 2.38. The number of aryl methyl sites for hydroxylation is 1. The van der Waals surface area contributed by atoms with E-state index in [4.69, 9.17) is 18.0 Å². The lowest BCUT2D eigenvalue weighted by Gasteiger charge is -2.18. The van der Waals surface area contributed by atoms with Crippen LogP contribution in [-0.2, 0) is 6.42 Å². The number of nitrogens with zero attached hydrogens (tertiary/aromatic N) is 1. The first-order valence-corrected chi connectivity index (χ1v) is 8.80. The van der Waals surface area contributed by atoms with Gasteiger partial charge in [-0.15, -0.1) is 18.0 Å². The number of halogens is 3. The Morgan fingerprint density at radius 3 is 2.67 bits per heavy atom. The SMILES string of the molecule is C#CC(Br)C=NC(=C(C)C)C(Cl)c1c(Br)cccc1CC. The molecule has 21 heavy (non-hydrogen) atoms. The van der Waals surface area contributed by atoms with Crippen molar-refractivity contribution in [2.45, 2.75) is 37.4 Å². The molecule has 1 aromatic carbocycles. The van der Waals surface area contributed by atoms with Gasteiger partial charge in [-0.25, -0.2) is 0 Å². The molecule has 0 aliphatic rings. The summed E-state index contributed by atoms with van der Waals surface area (Å²) in [5.74, 6) is 2.56. The average molecular weight is 432 g/mol. The third-order valence-corrected chi connectivity index (χ3v) is 4.65. The van der Waals surface area contributed by atoms with Gasteiger partial charge in [-0.2, -0.15) is 0 Å². The molecule has 0 aliphatic carbocycles. The van der Waals surface area contributed by atoms with Gasteiger partial charge in [-0.3, -0.25) is 4.99 Å². The predicted molar refractivity (Wildman–Crippen MR) is 101 cm³/mol. The minimum Gasteiger partial charge on any atom is -0.262 e. The Bertz CT molecular complexity index is 595. The predicted octanol–water partition coefficient (Wildman–Crippen LogP) is 6.05. The lowest BCUT2D eigenvalue weighted by atomic mass is 9.99. The quantitative estimate of drug-likeness (QED) is 0.306. The van der Waals surface area contributed by atoms with E-state index in [0.29, 0.717) is 0 Å². The number of rotatable bonds is 5. The van der Waals surface area contributed by atoms with E-state index >= 15 is 0 Å². The summed E-state index contributed by atoms with van der Waals surface area (Å²) < 4.78 is 1.00. The largest absolute Gasteiger partial charge is 0.262 e. The van der Waals surface area contributed by atoms with Crippen molar-refractivity contribution < 1.29 is 0 Å². The first-order valence-electron chi connectivity index (χ1n) is 6.65. The van der Waals surface area contributed by atoms with Crippen LogP contribution < -0.4 is 0 Å². The zero-order chi connectivity index (χ0) is 16.0. The molecule has 0 spiro atoms. The van der Waals surface area contributed by atoms with Gasteiger partial charge in [0.05, 0.1) is 5.70 Å². The van der Waals surface area contributed by atoms with E-state index in [1.807, 2.05) is 26.0 Å². The molecule has 2 atom stereocenters. The zero-order valence-corrected chi connectivity index (χ0v) is 16.3. The summed E-state index contributed by atoms with van der Waals surface area (Å²) in [4.78, 5) is 4.31. The van der Waals surface area contributed by atoms with Gasteiger partial charge in [-0.1, -0.05) is 62.4 Å². The molecule has 1 rings (SSSR count). The Labute approximate surface area is 149 Å². The number of aliphatic imine (C=N–C) groups is 1. The second-order valence-electron chi connectivity index (χ2n) is 4.76. The molecule has 0 N–H and O–H groups in total. The first kappa shape index (κ1) is 18.5. The van der Waals surface area contributed by atoms with Crippen molar-refractivity contribution >= 4 is 49.7 Å². The van der Waals surface area contributed by atoms with Crippen LogP contribution in [0.4, 0.5) is 0 Å². The summed E-state index contributed by atoms with van der Waals surface area (Å²) in [6.07, 6.45) is 7.96. The number of hydrogen-bond donors (Lipinski definition) is 0. The smallest absolute Gasteiger partial charge is 0.110 e. The van der Waals surface area contributed by atoms with Crippen LogP contribution in [0.1, 0.15) is 37.3 Å². The fourth-order valence-electron chi connectivity index (χ4n) is 1.95. The molecule has 0 heterocycles. The van der Waals surface area contributed by atoms with Crippen molar-refractivity contribution in [2.75, 3.05) is 0 Å². The second kappa shape index (κ2) is 8.78. The molecule has 0 saturated heterocycles. The molecule has 0 amide bonds. The van der Waals surface area contributed by atoms with E-state index in [1.54, 1.807) is 6.21 Å². The molecule has 4 heteroatoms. The van der Waals surface area contributed by atoms with E-state index < -0.39 is 0 Å². The Kier molecular flexibility index (Phi) is 7.73. The van der Waals surface area contributed by atoms with Crippen LogP contribution in [0.5, 0.6) is 0 Å². The van der Waals surface area contributed by atoms with Crippen LogP contribution in [-0.4, -0.2) is 11.0 Å². The Balaban J connectivity index is 3.27. The summed E-state index contributed by atoms with van der Waals surface area (Å²) in [5, 5.41) is -0.311. The monoisotopic (exact) mass is 429 g/mol. The third kappa shape index (κ3) is 4.98. The summed E-state index contributed by atoms with van der Waals surface area (Å²) in [5.41, 5.74) is 4.19. The van der Waals surface area contributed by atoms with Crippen LogP contribution in [0.15, 0.2) is 38.9 Å². The normalized spacial score (nSPS) is 13.8. The topological polar surface area (TPSA) is 12.4 Å². The van der Waals surface area contributed by atoms with E-state index in [-0.39, 0.29) is 10.2 Å². The molecule has 0 aliphatic heterocycles. The van der Waals surface area contributed by atoms with Gasteiger partial charge >= 0.3 is 0 Å². The highest BCUT2D eigenvalue weighted by molar-refractivity contribution is 9.10. The maximum Gasteiger partial charge on any atom is 0.110 e. The molecule has 0 bridgehead atoms. The fraction of sp³-hybridized carbons (Fsp3) is 0.353. The van der Waals surface area contributed by atoms with Crippen molar-refractivity contribution in [1.82, 2.24) is 0 Å². The third-order valence-electron chi connectivity index (χ3n) is 3.03. The van der Waals surface area contributed by atoms with Gasteiger partial charge < -0.3 is 0 Å². The number of hydrogen-bond acceptors (Lipinski definition) is 1. The maximum atomic E-state index is 6.71. The Hall–Kier alpha value is -0.560. The number of terminal acetylenes is 1. The molecule has 1 aromatic rings. The van der Waals surface area contributed by atoms with Gasteiger partial charge in [0.25, 0.3) is 0 Å². The molecule has 2 unspecified atom stereocenters. The highest BCUT2D eigenvalue weighted by Gasteiger charge is 2.20. The van der Waals surface area contributed by atoms with E-state index in [2.05, 4.69) is 55.8 Å². The van der Waals surface area contributed by atoms with Gasteiger partial charge in [0.15, 0.2) is 0 Å². The molecule has 0 saturated carbocycles. The van der Waals surface area contributed by atoms with Gasteiger partial charge in [-0.05, 0) is 37.5 Å². The van der Waals surface area contributed by atoms with Gasteiger partial charge in [0.2, 0.25) is 0 Å². The fourth-order valence-corrected chi connectivity index (χ4v) is 3.37. The maximum absolute atomic E-state index is 6.71. The molecular formula is C17H18Br2ClN. The summed E-state index contributed by atoms with van der Waals surface area (Å²) in [6, 6.07) is 6.12. The first-order chi connectivity index (χ1) is 9.92. The molecular weight excluding hydrogens is 413 g/mol. The van der Waals surface area contributed by atoms with Crippen LogP contribution in [0.25, 0.3) is 0 Å². The van der Waals surface area contributed by atoms with E-state index in [0.717, 1.165) is 27.7 Å². The Morgan fingerprint density at radius 1 is 1.48 bits per heavy atom. The van der Waals surface area contributed by atoms with Crippen molar-refractivity contribution in [3.8, 4) is 12.3 Å². The van der Waals surface area contributed by atoms with Crippen LogP contribution >= 0.6 is 43.5 Å². The summed E-state index contributed by atoms with van der Waals surface area (Å²) >= 11 is 13.7. The lowest BCUT2D eigenvalue weighted by molar-refractivity contribution is 0.974. The van der Waals surface area contributed by atoms with E-state index in [9.17, 15) is 0 Å². The van der Waals surface area contributed by atoms with Crippen molar-refractivity contribution in [3.63, 3.8) is 0 Å². The number of benzene rings is 1. The minimum atomic E-state index is -0.311. The van der Waals surface area contributed by atoms with Crippen LogP contribution in [0.3, 0.4) is 0 Å². The lowest BCUT2D eigenvalue weighted by Crippen LogP contribution is -2.03. The van der Waals surface area contributed by atoms with Crippen LogP contribution in [0.2, 0.25) is 0 Å². The molecule has 0 aromatic heterocycles. The van der Waals surface area contributed by atoms with Gasteiger partial charge in [0, 0.05) is 10.7 Å². The average Bonchev–Trinajstić information content (AvgIpc) is 2.46. The standard InChI is InChI=1S/C17H18Br2ClN/c1-5-12-8-7-9-14(19)15(12)16(20)17(11(3)4)21-10-13(18)6-2/h2,7-10,13,16H,5H2,1,3-4H3. The molecule has 1 nitrogen and oxygen atoms in total. The number of alkyl halides is 2. The van der Waals surface area contributed by atoms with Crippen molar-refractivity contribution in [2.24, 2.45) is 4.99 Å². The summed E-state index contributed by atoms with van der Waals surface area (Å²) in [6.45, 7) is 6.13. The molecule has 0 radical (unpaired) electrons. The second-order valence-corrected chi connectivity index (χ2v) is 7.04. The zero-order valence-electron chi connectivity index (χ0n) is 12.3. The Morgan fingerprint density at radius 2 is 2.14 bits per heavy atom. The minimum absolute atomic E-state index is 0.194. The van der Waals surface area contributed by atoms with Gasteiger partial charge in [0.1, 0.15) is 10.2 Å². The summed E-state index contributed by atoms with van der Waals surface area (Å²) in [7, 11) is 0. The highest BCUT2D eigenvalue weighted by atomic mass is 79.9.